The summed E-state index contributed by atoms with van der Waals surface area (Å²) in [7, 11) is 0. The van der Waals surface area contributed by atoms with Gasteiger partial charge in [0.15, 0.2) is 0 Å². The van der Waals surface area contributed by atoms with Gasteiger partial charge in [-0.3, -0.25) is 0 Å². The fourth-order valence-electron chi connectivity index (χ4n) is 1.24. The molecule has 68 valence electrons. The Morgan fingerprint density at radius 2 is 2.07 bits per heavy atom. The number of carboxylic acid groups (broad SMARTS) is 1. The third kappa shape index (κ3) is 3.92. The van der Waals surface area contributed by atoms with Crippen LogP contribution < -0.4 is 64.2 Å². The monoisotopic (exact) mass is 219 g/mol. The van der Waals surface area contributed by atoms with Gasteiger partial charge in [0.05, 0.1) is 12.5 Å². The van der Waals surface area contributed by atoms with Crippen molar-refractivity contribution in [2.75, 3.05) is 6.54 Å². The Balaban J connectivity index is 0. The molecule has 0 unspecified atom stereocenters. The van der Waals surface area contributed by atoms with E-state index < -0.39 is 12.0 Å². The van der Waals surface area contributed by atoms with Crippen molar-refractivity contribution < 1.29 is 74.0 Å². The maximum absolute atomic E-state index is 10.6. The van der Waals surface area contributed by atoms with E-state index >= 15 is 0 Å². The SMILES string of the molecule is O=C([O-])[C@@H]1CCCN1/[N+]([O-])=N\[O-].[Na+].[Na+]. The molecule has 0 aromatic heterocycles. The first-order valence-electron chi connectivity index (χ1n) is 3.44. The molecule has 1 fully saturated rings. The molecule has 0 saturated carbocycles. The van der Waals surface area contributed by atoms with Crippen molar-refractivity contribution in [2.45, 2.75) is 18.9 Å². The van der Waals surface area contributed by atoms with E-state index in [1.54, 1.807) is 0 Å². The summed E-state index contributed by atoms with van der Waals surface area (Å²) in [4.78, 5) is 10.1. The summed E-state index contributed by atoms with van der Waals surface area (Å²) in [6.07, 6.45) is 0.865. The summed E-state index contributed by atoms with van der Waals surface area (Å²) < 4.78 is 0. The summed E-state index contributed by atoms with van der Waals surface area (Å²) in [5.41, 5.74) is 0. The van der Waals surface area contributed by atoms with Crippen molar-refractivity contribution in [3.63, 3.8) is 0 Å². The minimum Gasteiger partial charge on any atom is -0.737 e. The van der Waals surface area contributed by atoms with Crippen LogP contribution in [0.3, 0.4) is 0 Å². The van der Waals surface area contributed by atoms with Gasteiger partial charge in [-0.05, 0) is 18.1 Å². The second-order valence-corrected chi connectivity index (χ2v) is 2.47. The molecule has 0 aromatic rings. The van der Waals surface area contributed by atoms with E-state index in [1.807, 2.05) is 0 Å². The Morgan fingerprint density at radius 1 is 1.50 bits per heavy atom. The third-order valence-electron chi connectivity index (χ3n) is 1.79. The second-order valence-electron chi connectivity index (χ2n) is 2.47. The Morgan fingerprint density at radius 3 is 2.50 bits per heavy atom. The number of hydrazine groups is 1. The van der Waals surface area contributed by atoms with E-state index in [0.29, 0.717) is 12.8 Å². The molecule has 0 bridgehead atoms. The molecule has 1 aliphatic rings. The quantitative estimate of drug-likeness (QED) is 0.198. The maximum atomic E-state index is 10.6. The normalized spacial score (nSPS) is 21.0. The van der Waals surface area contributed by atoms with E-state index in [2.05, 4.69) is 5.28 Å². The molecule has 0 amide bonds. The van der Waals surface area contributed by atoms with E-state index in [1.165, 1.54) is 0 Å². The maximum Gasteiger partial charge on any atom is 1.00 e. The van der Waals surface area contributed by atoms with E-state index in [-0.39, 0.29) is 70.6 Å². The van der Waals surface area contributed by atoms with Crippen LogP contribution in [-0.2, 0) is 4.79 Å². The van der Waals surface area contributed by atoms with Crippen molar-refractivity contribution in [3.8, 4) is 0 Å². The van der Waals surface area contributed by atoms with Crippen LogP contribution in [0.4, 0.5) is 0 Å². The Labute approximate surface area is 125 Å². The number of hydrogen-bond donors (Lipinski definition) is 0. The molecule has 0 N–H and O–H groups in total. The summed E-state index contributed by atoms with van der Waals surface area (Å²) >= 11 is 0. The van der Waals surface area contributed by atoms with E-state index in [0.717, 1.165) is 5.01 Å². The van der Waals surface area contributed by atoms with Crippen LogP contribution in [0, 0.1) is 10.4 Å². The molecular weight excluding hydrogens is 212 g/mol. The molecule has 0 spiro atoms. The number of hydrogen-bond acceptors (Lipinski definition) is 5. The Kier molecular flexibility index (Phi) is 9.31. The Hall–Kier alpha value is 0.470. The fourth-order valence-corrected chi connectivity index (χ4v) is 1.24. The molecule has 0 radical (unpaired) electrons. The smallest absolute Gasteiger partial charge is 0.737 e. The molecule has 14 heavy (non-hydrogen) atoms. The van der Waals surface area contributed by atoms with Crippen molar-refractivity contribution >= 4 is 5.97 Å². The molecule has 1 aliphatic heterocycles. The molecule has 0 aliphatic carbocycles. The number of rotatable bonds is 2. The zero-order chi connectivity index (χ0) is 9.14. The Bertz CT molecular complexity index is 225. The van der Waals surface area contributed by atoms with Gasteiger partial charge in [-0.2, -0.15) is 0 Å². The van der Waals surface area contributed by atoms with Crippen LogP contribution in [0.2, 0.25) is 0 Å². The average molecular weight is 219 g/mol. The van der Waals surface area contributed by atoms with Gasteiger partial charge < -0.3 is 20.3 Å². The minimum atomic E-state index is -1.35. The van der Waals surface area contributed by atoms with Crippen LogP contribution in [0.1, 0.15) is 12.8 Å². The molecule has 7 nitrogen and oxygen atoms in total. The molecule has 0 aromatic carbocycles. The average Bonchev–Trinajstić information content (AvgIpc) is 2.50. The van der Waals surface area contributed by atoms with Crippen molar-refractivity contribution in [1.29, 1.82) is 0 Å². The molecule has 1 heterocycles. The minimum absolute atomic E-state index is 0. The van der Waals surface area contributed by atoms with Crippen molar-refractivity contribution in [3.05, 3.63) is 10.4 Å². The first-order valence-corrected chi connectivity index (χ1v) is 3.44. The number of carbonyl (C=O) groups excluding carboxylic acids is 1. The van der Waals surface area contributed by atoms with Gasteiger partial charge in [-0.1, -0.05) is 0 Å². The van der Waals surface area contributed by atoms with Crippen LogP contribution in [-0.4, -0.2) is 28.5 Å². The van der Waals surface area contributed by atoms with Crippen LogP contribution >= 0.6 is 0 Å². The topological polar surface area (TPSA) is 105 Å². The van der Waals surface area contributed by atoms with Gasteiger partial charge in [0.2, 0.25) is 0 Å². The summed E-state index contributed by atoms with van der Waals surface area (Å²) in [6.45, 7) is 0.230. The predicted molar refractivity (Wildman–Crippen MR) is 34.2 cm³/mol. The van der Waals surface area contributed by atoms with Gasteiger partial charge >= 0.3 is 59.1 Å². The molecular formula is C5H7N3Na2O4. The van der Waals surface area contributed by atoms with Crippen molar-refractivity contribution in [1.82, 2.24) is 5.01 Å². The zero-order valence-electron chi connectivity index (χ0n) is 8.17. The predicted octanol–water partition coefficient (Wildman–Crippen LogP) is -7.42. The first kappa shape index (κ1) is 16.9. The number of aliphatic carboxylic acids is 1. The van der Waals surface area contributed by atoms with E-state index in [4.69, 9.17) is 0 Å². The number of carboxylic acids is 1. The van der Waals surface area contributed by atoms with Gasteiger partial charge in [0.1, 0.15) is 6.04 Å². The summed E-state index contributed by atoms with van der Waals surface area (Å²) in [6, 6.07) is -1.01. The van der Waals surface area contributed by atoms with Crippen molar-refractivity contribution in [2.24, 2.45) is 5.28 Å². The summed E-state index contributed by atoms with van der Waals surface area (Å²) in [5, 5.41) is 33.6. The molecule has 1 saturated heterocycles. The molecule has 1 rings (SSSR count). The number of carbonyl (C=O) groups is 1. The standard InChI is InChI=1S/C5H9N3O4.2Na/c9-5(10)4-2-1-3-7(4)8(12)6-11;;/h4,11H,1-3H2,(H,9,10);;/q;2*+1/p-2/b8-6+;;/t4-;;/m0../s1. The fraction of sp³-hybridized carbons (Fsp3) is 0.800. The van der Waals surface area contributed by atoms with Gasteiger partial charge in [-0.25, -0.2) is 0 Å². The van der Waals surface area contributed by atoms with Gasteiger partial charge in [0.25, 0.3) is 0 Å². The molecule has 1 atom stereocenters. The van der Waals surface area contributed by atoms with Crippen LogP contribution in [0.5, 0.6) is 0 Å². The van der Waals surface area contributed by atoms with Gasteiger partial charge in [0, 0.05) is 4.97 Å². The first-order chi connectivity index (χ1) is 5.66. The largest absolute Gasteiger partial charge is 1.00 e. The third-order valence-corrected chi connectivity index (χ3v) is 1.79. The van der Waals surface area contributed by atoms with Gasteiger partial charge in [-0.15, -0.1) is 5.01 Å². The van der Waals surface area contributed by atoms with E-state index in [9.17, 15) is 20.3 Å². The second kappa shape index (κ2) is 7.72. The van der Waals surface area contributed by atoms with Crippen LogP contribution in [0.25, 0.3) is 0 Å². The van der Waals surface area contributed by atoms with Crippen LogP contribution in [0.15, 0.2) is 5.28 Å². The number of nitrogens with zero attached hydrogens (tertiary/aromatic N) is 3. The zero-order valence-corrected chi connectivity index (χ0v) is 12.2. The summed E-state index contributed by atoms with van der Waals surface area (Å²) in [5.74, 6) is -1.35. The molecule has 9 heteroatoms.